The first kappa shape index (κ1) is 23.8. The van der Waals surface area contributed by atoms with Crippen LogP contribution in [-0.2, 0) is 26.9 Å². The van der Waals surface area contributed by atoms with Crippen LogP contribution >= 0.6 is 0 Å². The summed E-state index contributed by atoms with van der Waals surface area (Å²) in [6.45, 7) is 9.50. The maximum absolute atomic E-state index is 2.48. The first-order valence-corrected chi connectivity index (χ1v) is 10.9. The predicted molar refractivity (Wildman–Crippen MR) is 78.0 cm³/mol. The van der Waals surface area contributed by atoms with Gasteiger partial charge in [0.05, 0.1) is 0 Å². The number of aryl methyl sites for hydroxylation is 1. The monoisotopic (exact) mass is 394 g/mol. The van der Waals surface area contributed by atoms with Crippen LogP contribution in [0.25, 0.3) is 0 Å². The molecule has 1 aromatic carbocycles. The van der Waals surface area contributed by atoms with Crippen LogP contribution < -0.4 is 37.2 Å². The summed E-state index contributed by atoms with van der Waals surface area (Å²) in [5.41, 5.74) is 4.44. The minimum atomic E-state index is -1.15. The van der Waals surface area contributed by atoms with Gasteiger partial charge in [0.15, 0.2) is 0 Å². The van der Waals surface area contributed by atoms with Gasteiger partial charge in [-0.1, -0.05) is 0 Å². The molecule has 2 rings (SSSR count). The van der Waals surface area contributed by atoms with Crippen LogP contribution in [0.4, 0.5) is 0 Å². The third-order valence-corrected chi connectivity index (χ3v) is 6.92. The number of hydrogen-bond donors (Lipinski definition) is 0. The molecular formula is C16H21Cl3SiTi. The van der Waals surface area contributed by atoms with E-state index in [0.717, 1.165) is 6.42 Å². The molecule has 5 heteroatoms. The molecule has 114 valence electrons. The van der Waals surface area contributed by atoms with E-state index >= 15 is 0 Å². The number of halogens is 3. The van der Waals surface area contributed by atoms with E-state index in [0.29, 0.717) is 0 Å². The van der Waals surface area contributed by atoms with Gasteiger partial charge in [0.2, 0.25) is 0 Å². The van der Waals surface area contributed by atoms with Gasteiger partial charge in [-0.2, -0.15) is 0 Å². The molecule has 0 nitrogen and oxygen atoms in total. The molecule has 0 amide bonds. The summed E-state index contributed by atoms with van der Waals surface area (Å²) in [6, 6.07) is 8.90. The number of rotatable bonds is 3. The van der Waals surface area contributed by atoms with Crippen molar-refractivity contribution < 1.29 is 57.7 Å². The second kappa shape index (κ2) is 9.60. The molecule has 1 aliphatic rings. The van der Waals surface area contributed by atoms with Gasteiger partial charge in [0.25, 0.3) is 0 Å². The molecule has 0 unspecified atom stereocenters. The van der Waals surface area contributed by atoms with Gasteiger partial charge in [0.1, 0.15) is 0 Å². The van der Waals surface area contributed by atoms with Gasteiger partial charge < -0.3 is 37.2 Å². The third kappa shape index (κ3) is 6.25. The molecule has 0 aliphatic heterocycles. The van der Waals surface area contributed by atoms with Gasteiger partial charge >= 0.3 is 124 Å². The van der Waals surface area contributed by atoms with E-state index < -0.39 is 8.07 Å². The van der Waals surface area contributed by atoms with E-state index in [2.05, 4.69) is 77.3 Å². The van der Waals surface area contributed by atoms with Crippen LogP contribution in [0.15, 0.2) is 45.0 Å². The van der Waals surface area contributed by atoms with Gasteiger partial charge in [0, 0.05) is 0 Å². The van der Waals surface area contributed by atoms with E-state index in [1.165, 1.54) is 17.5 Å². The molecule has 0 fully saturated rings. The van der Waals surface area contributed by atoms with Gasteiger partial charge in [-0.25, -0.2) is 0 Å². The topological polar surface area (TPSA) is 0 Å². The number of hydrogen-bond acceptors (Lipinski definition) is 0. The summed E-state index contributed by atoms with van der Waals surface area (Å²) in [5, 5.41) is 1.67. The van der Waals surface area contributed by atoms with E-state index in [9.17, 15) is 0 Å². The maximum Gasteiger partial charge on any atom is -1.00 e. The molecule has 0 N–H and O–H groups in total. The van der Waals surface area contributed by atoms with Crippen LogP contribution in [0.2, 0.25) is 19.6 Å². The molecule has 0 radical (unpaired) electrons. The summed E-state index contributed by atoms with van der Waals surface area (Å²) < 4.78 is 1.58. The molecular weight excluding hydrogens is 374 g/mol. The Hall–Kier alpha value is 0.501. The van der Waals surface area contributed by atoms with Crippen molar-refractivity contribution >= 4 is 8.07 Å². The maximum atomic E-state index is 2.48. The molecule has 0 spiro atoms. The van der Waals surface area contributed by atoms with Crippen LogP contribution in [0.5, 0.6) is 0 Å². The fraction of sp³-hybridized carbons (Fsp3) is 0.375. The Labute approximate surface area is 160 Å². The zero-order chi connectivity index (χ0) is 13.3. The van der Waals surface area contributed by atoms with Crippen molar-refractivity contribution in [1.29, 1.82) is 0 Å². The standard InChI is InChI=1S/C16H21Si.3ClH.Ti/c1-13-6-5-7-14(10-13)11-15-8-9-16(12-15)17(2,3)4;;;;/h5-7,9-10H,8,11H2,1-4H3;3*1H;/q;;;;+3/p-3. The Morgan fingerprint density at radius 2 is 1.71 bits per heavy atom. The van der Waals surface area contributed by atoms with E-state index in [-0.39, 0.29) is 37.2 Å². The van der Waals surface area contributed by atoms with Gasteiger partial charge in [-0.05, 0) is 0 Å². The SMILES string of the molecule is Cc1cccc(CC2=[C]([Ti+3])C([Si](C)(C)C)=CC2)c1.[Cl-].[Cl-].[Cl-]. The van der Waals surface area contributed by atoms with Crippen LogP contribution in [0.3, 0.4) is 0 Å². The Kier molecular flexibility index (Phi) is 10.9. The zero-order valence-electron chi connectivity index (χ0n) is 12.9. The Bertz CT molecular complexity index is 531. The van der Waals surface area contributed by atoms with Crippen molar-refractivity contribution in [2.45, 2.75) is 39.4 Å². The average Bonchev–Trinajstić information content (AvgIpc) is 2.60. The first-order chi connectivity index (χ1) is 8.38. The third-order valence-electron chi connectivity index (χ3n) is 3.48. The second-order valence-electron chi connectivity index (χ2n) is 6.22. The summed E-state index contributed by atoms with van der Waals surface area (Å²) >= 11 is 2.32. The smallest absolute Gasteiger partial charge is 1.00 e. The molecule has 0 aromatic heterocycles. The fourth-order valence-electron chi connectivity index (χ4n) is 2.53. The largest absolute Gasteiger partial charge is 1.00 e. The second-order valence-corrected chi connectivity index (χ2v) is 12.0. The van der Waals surface area contributed by atoms with E-state index in [4.69, 9.17) is 0 Å². The number of benzene rings is 1. The number of allylic oxidation sites excluding steroid dienone is 4. The predicted octanol–water partition coefficient (Wildman–Crippen LogP) is -4.44. The summed E-state index contributed by atoms with van der Waals surface area (Å²) in [5.74, 6) is 0. The van der Waals surface area contributed by atoms with Crippen molar-refractivity contribution in [3.8, 4) is 0 Å². The minimum absolute atomic E-state index is 0. The summed E-state index contributed by atoms with van der Waals surface area (Å²) in [6.07, 6.45) is 4.77. The molecule has 0 saturated carbocycles. The normalized spacial score (nSPS) is 13.9. The van der Waals surface area contributed by atoms with Crippen molar-refractivity contribution in [3.63, 3.8) is 0 Å². The van der Waals surface area contributed by atoms with E-state index in [1.807, 2.05) is 0 Å². The van der Waals surface area contributed by atoms with E-state index in [1.54, 1.807) is 14.6 Å². The van der Waals surface area contributed by atoms with Crippen LogP contribution in [-0.4, -0.2) is 8.07 Å². The van der Waals surface area contributed by atoms with Crippen molar-refractivity contribution in [2.75, 3.05) is 0 Å². The fourth-order valence-corrected chi connectivity index (χ4v) is 6.38. The summed E-state index contributed by atoms with van der Waals surface area (Å²) in [7, 11) is -1.15. The first-order valence-electron chi connectivity index (χ1n) is 6.58. The molecule has 1 aromatic rings. The Balaban J connectivity index is 0. The van der Waals surface area contributed by atoms with Crippen molar-refractivity contribution in [2.24, 2.45) is 0 Å². The van der Waals surface area contributed by atoms with Crippen molar-refractivity contribution in [3.05, 3.63) is 56.1 Å². The summed E-state index contributed by atoms with van der Waals surface area (Å²) in [4.78, 5) is 0. The molecule has 21 heavy (non-hydrogen) atoms. The molecule has 0 bridgehead atoms. The Morgan fingerprint density at radius 1 is 1.10 bits per heavy atom. The molecule has 0 saturated heterocycles. The Morgan fingerprint density at radius 3 is 2.19 bits per heavy atom. The minimum Gasteiger partial charge on any atom is -1.00 e. The van der Waals surface area contributed by atoms with Crippen LogP contribution in [0.1, 0.15) is 17.5 Å². The van der Waals surface area contributed by atoms with Gasteiger partial charge in [-0.15, -0.1) is 0 Å². The quantitative estimate of drug-likeness (QED) is 0.453. The molecule has 0 heterocycles. The average molecular weight is 396 g/mol. The van der Waals surface area contributed by atoms with Crippen LogP contribution in [0, 0.1) is 6.92 Å². The van der Waals surface area contributed by atoms with Gasteiger partial charge in [-0.3, -0.25) is 0 Å². The molecule has 1 aliphatic carbocycles. The van der Waals surface area contributed by atoms with Crippen molar-refractivity contribution in [1.82, 2.24) is 0 Å². The zero-order valence-corrected chi connectivity index (χ0v) is 17.8. The molecule has 0 atom stereocenters.